The van der Waals surface area contributed by atoms with Crippen molar-refractivity contribution in [2.75, 3.05) is 52.8 Å². The molecule has 0 saturated carbocycles. The second-order valence-electron chi connectivity index (χ2n) is 5.07. The Morgan fingerprint density at radius 3 is 1.80 bits per heavy atom. The van der Waals surface area contributed by atoms with E-state index < -0.39 is 0 Å². The van der Waals surface area contributed by atoms with Crippen molar-refractivity contribution in [2.45, 2.75) is 0 Å². The average molecular weight is 481 g/mol. The van der Waals surface area contributed by atoms with Crippen LogP contribution in [0.25, 0.3) is 0 Å². The molecule has 0 radical (unpaired) electrons. The molecule has 1 aliphatic heterocycles. The summed E-state index contributed by atoms with van der Waals surface area (Å²) in [5.41, 5.74) is 0.917. The molecule has 7 nitrogen and oxygen atoms in total. The van der Waals surface area contributed by atoms with Crippen LogP contribution < -0.4 is 0 Å². The Balaban J connectivity index is 1.49. The number of hydrogen-bond donors (Lipinski definition) is 0. The molecule has 2 amide bonds. The van der Waals surface area contributed by atoms with Gasteiger partial charge < -0.3 is 18.7 Å². The minimum absolute atomic E-state index is 0.243. The summed E-state index contributed by atoms with van der Waals surface area (Å²) in [6, 6.07) is 6.84. The predicted molar refractivity (Wildman–Crippen MR) is 103 cm³/mol. The lowest BCUT2D eigenvalue weighted by Crippen LogP contribution is -2.33. The molecule has 25 heavy (non-hydrogen) atoms. The fourth-order valence-electron chi connectivity index (χ4n) is 2.28. The van der Waals surface area contributed by atoms with Crippen molar-refractivity contribution in [3.05, 3.63) is 35.4 Å². The van der Waals surface area contributed by atoms with Crippen LogP contribution in [0.5, 0.6) is 0 Å². The van der Waals surface area contributed by atoms with Crippen LogP contribution in [0, 0.1) is 0 Å². The van der Waals surface area contributed by atoms with Crippen LogP contribution in [0.4, 0.5) is 0 Å². The van der Waals surface area contributed by atoms with E-state index in [9.17, 15) is 9.59 Å². The topological polar surface area (TPSA) is 74.3 Å². The maximum Gasteiger partial charge on any atom is 0.261 e. The highest BCUT2D eigenvalue weighted by Gasteiger charge is 2.34. The molecule has 1 aliphatic rings. The van der Waals surface area contributed by atoms with Gasteiger partial charge in [0.2, 0.25) is 0 Å². The summed E-state index contributed by atoms with van der Waals surface area (Å²) in [5, 5.41) is 0. The molecular weight excluding hydrogens is 460 g/mol. The molecule has 0 saturated heterocycles. The van der Waals surface area contributed by atoms with Crippen molar-refractivity contribution in [1.29, 1.82) is 0 Å². The monoisotopic (exact) mass is 481 g/mol. The Kier molecular flexibility index (Phi) is 9.82. The second-order valence-corrected chi connectivity index (χ2v) is 6.83. The van der Waals surface area contributed by atoms with Gasteiger partial charge >= 0.3 is 0 Å². The lowest BCUT2D eigenvalue weighted by atomic mass is 10.1. The summed E-state index contributed by atoms with van der Waals surface area (Å²) in [7, 11) is 0. The van der Waals surface area contributed by atoms with Gasteiger partial charge in [0.1, 0.15) is 0 Å². The molecule has 0 fully saturated rings. The first kappa shape index (κ1) is 20.7. The van der Waals surface area contributed by atoms with Crippen molar-refractivity contribution >= 4 is 40.3 Å². The number of carbonyl (C=O) groups is 2. The number of amides is 2. The lowest BCUT2D eigenvalue weighted by molar-refractivity contribution is 0.00752. The third-order valence-corrected chi connectivity index (χ3v) is 4.71. The van der Waals surface area contributed by atoms with Gasteiger partial charge in [0.15, 0.2) is 0 Å². The van der Waals surface area contributed by atoms with Crippen LogP contribution >= 0.6 is 28.5 Å². The van der Waals surface area contributed by atoms with E-state index >= 15 is 0 Å². The molecule has 2 rings (SSSR count). The molecule has 1 unspecified atom stereocenters. The van der Waals surface area contributed by atoms with Gasteiger partial charge in [0.05, 0.1) is 70.4 Å². The highest BCUT2D eigenvalue weighted by molar-refractivity contribution is 14.2. The first-order valence-electron chi connectivity index (χ1n) is 7.91. The number of fused-ring (bicyclic) bond motifs is 1. The minimum Gasteiger partial charge on any atom is -0.377 e. The molecule has 9 heteroatoms. The molecule has 0 bridgehead atoms. The smallest absolute Gasteiger partial charge is 0.261 e. The van der Waals surface area contributed by atoms with Gasteiger partial charge in [-0.2, -0.15) is 0 Å². The van der Waals surface area contributed by atoms with Crippen LogP contribution in [0.2, 0.25) is 0 Å². The maximum absolute atomic E-state index is 12.1. The number of imide groups is 1. The Morgan fingerprint density at radius 1 is 0.800 bits per heavy atom. The average Bonchev–Trinajstić information content (AvgIpc) is 2.87. The number of benzene rings is 1. The summed E-state index contributed by atoms with van der Waals surface area (Å²) in [5.74, 6) is -0.519. The predicted octanol–water partition coefficient (Wildman–Crippen LogP) is 2.29. The van der Waals surface area contributed by atoms with Crippen LogP contribution in [0.1, 0.15) is 20.7 Å². The molecule has 138 valence electrons. The summed E-state index contributed by atoms with van der Waals surface area (Å²) >= 11 is 2.16. The number of ether oxygens (including phenoxy) is 3. The summed E-state index contributed by atoms with van der Waals surface area (Å²) in [4.78, 5) is 25.5. The molecule has 0 aliphatic carbocycles. The van der Waals surface area contributed by atoms with E-state index in [0.29, 0.717) is 63.8 Å². The molecule has 0 spiro atoms. The van der Waals surface area contributed by atoms with Gasteiger partial charge in [-0.05, 0) is 34.2 Å². The third-order valence-electron chi connectivity index (χ3n) is 3.47. The Labute approximate surface area is 161 Å². The van der Waals surface area contributed by atoms with Crippen LogP contribution in [-0.2, 0) is 18.7 Å². The third kappa shape index (κ3) is 6.54. The lowest BCUT2D eigenvalue weighted by Gasteiger charge is -2.13. The molecule has 1 atom stereocenters. The van der Waals surface area contributed by atoms with Crippen molar-refractivity contribution in [3.63, 3.8) is 0 Å². The van der Waals surface area contributed by atoms with E-state index in [4.69, 9.17) is 18.7 Å². The van der Waals surface area contributed by atoms with Gasteiger partial charge in [-0.15, -0.1) is 0 Å². The molecule has 0 N–H and O–H groups in total. The SMILES string of the molecule is O=C1c2ccccc2C(=O)N1CCOCCOCCOCCOPI. The van der Waals surface area contributed by atoms with Crippen molar-refractivity contribution in [3.8, 4) is 0 Å². The highest BCUT2D eigenvalue weighted by atomic mass is 127. The van der Waals surface area contributed by atoms with Crippen molar-refractivity contribution < 1.29 is 28.3 Å². The molecular formula is C16H21INO6P. The van der Waals surface area contributed by atoms with E-state index in [0.717, 1.165) is 0 Å². The zero-order valence-electron chi connectivity index (χ0n) is 13.7. The zero-order chi connectivity index (χ0) is 17.9. The largest absolute Gasteiger partial charge is 0.377 e. The Morgan fingerprint density at radius 2 is 1.28 bits per heavy atom. The first-order valence-corrected chi connectivity index (χ1v) is 11.9. The molecule has 1 heterocycles. The number of halogens is 1. The maximum atomic E-state index is 12.1. The van der Waals surface area contributed by atoms with Gasteiger partial charge in [-0.3, -0.25) is 14.5 Å². The van der Waals surface area contributed by atoms with E-state index in [1.165, 1.54) is 4.90 Å². The van der Waals surface area contributed by atoms with Gasteiger partial charge in [0.25, 0.3) is 11.8 Å². The molecule has 0 aromatic heterocycles. The van der Waals surface area contributed by atoms with Gasteiger partial charge in [-0.25, -0.2) is 0 Å². The number of rotatable bonds is 13. The van der Waals surface area contributed by atoms with Crippen molar-refractivity contribution in [2.24, 2.45) is 0 Å². The van der Waals surface area contributed by atoms with E-state index in [2.05, 4.69) is 22.0 Å². The highest BCUT2D eigenvalue weighted by Crippen LogP contribution is 2.22. The fourth-order valence-corrected chi connectivity index (χ4v) is 3.10. The van der Waals surface area contributed by atoms with Gasteiger partial charge in [-0.1, -0.05) is 12.1 Å². The van der Waals surface area contributed by atoms with Crippen LogP contribution in [-0.4, -0.2) is 69.5 Å². The van der Waals surface area contributed by atoms with E-state index in [1.807, 2.05) is 0 Å². The normalized spacial score (nSPS) is 14.0. The van der Waals surface area contributed by atoms with E-state index in [-0.39, 0.29) is 18.4 Å². The summed E-state index contributed by atoms with van der Waals surface area (Å²) < 4.78 is 21.3. The minimum atomic E-state index is -0.260. The number of nitrogens with zero attached hydrogens (tertiary/aromatic N) is 1. The molecule has 1 aromatic carbocycles. The standard InChI is InChI=1S/C16H21INO6P/c17-25-24-12-11-23-10-9-22-8-7-21-6-5-18-15(19)13-3-1-2-4-14(13)16(18)20/h1-4,25H,5-12H2. The zero-order valence-corrected chi connectivity index (χ0v) is 16.9. The van der Waals surface area contributed by atoms with Crippen LogP contribution in [0.15, 0.2) is 24.3 Å². The summed E-state index contributed by atoms with van der Waals surface area (Å²) in [6.45, 7) is 4.01. The number of hydrogen-bond acceptors (Lipinski definition) is 6. The fraction of sp³-hybridized carbons (Fsp3) is 0.500. The first-order chi connectivity index (χ1) is 12.3. The second kappa shape index (κ2) is 11.9. The van der Waals surface area contributed by atoms with Gasteiger partial charge in [0, 0.05) is 0 Å². The molecule has 1 aromatic rings. The van der Waals surface area contributed by atoms with Crippen molar-refractivity contribution in [1.82, 2.24) is 4.90 Å². The Hall–Kier alpha value is -0.640. The summed E-state index contributed by atoms with van der Waals surface area (Å²) in [6.07, 6.45) is 0. The Bertz CT molecular complexity index is 538. The van der Waals surface area contributed by atoms with E-state index in [1.54, 1.807) is 24.3 Å². The quantitative estimate of drug-likeness (QED) is 0.186. The van der Waals surface area contributed by atoms with Crippen LogP contribution in [0.3, 0.4) is 0 Å². The number of carbonyl (C=O) groups excluding carboxylic acids is 2.